The third-order valence-electron chi connectivity index (χ3n) is 4.43. The topological polar surface area (TPSA) is 66.8 Å². The fraction of sp³-hybridized carbons (Fsp3) is 0.227. The summed E-state index contributed by atoms with van der Waals surface area (Å²) in [5.41, 5.74) is 3.19. The number of ether oxygens (including phenoxy) is 1. The average molecular weight is 350 g/mol. The minimum atomic E-state index is -0.997. The van der Waals surface area contributed by atoms with Crippen LogP contribution in [0.15, 0.2) is 54.6 Å². The van der Waals surface area contributed by atoms with E-state index in [1.807, 2.05) is 48.5 Å². The Hall–Kier alpha value is -3.01. The van der Waals surface area contributed by atoms with E-state index >= 15 is 0 Å². The molecule has 0 saturated carbocycles. The van der Waals surface area contributed by atoms with Crippen molar-refractivity contribution in [2.24, 2.45) is 0 Å². The fourth-order valence-electron chi connectivity index (χ4n) is 3.15. The van der Waals surface area contributed by atoms with Crippen LogP contribution in [0.25, 0.3) is 10.8 Å². The van der Waals surface area contributed by atoms with Gasteiger partial charge in [0, 0.05) is 5.39 Å². The molecular weight excluding hydrogens is 328 g/mol. The van der Waals surface area contributed by atoms with Crippen LogP contribution in [0.4, 0.5) is 0 Å². The summed E-state index contributed by atoms with van der Waals surface area (Å²) in [6.07, 6.45) is 0.722. The standard InChI is InChI=1S/C22H22O4/c1-14(2)19-12-15(7-9-20(19)23)11-16-8-10-21(26-13-22(24)25)18-6-4-3-5-17(16)18/h3-10,12,14,23H,11,13H2,1-2H3,(H,24,25). The maximum absolute atomic E-state index is 10.8. The highest BCUT2D eigenvalue weighted by molar-refractivity contribution is 5.91. The highest BCUT2D eigenvalue weighted by atomic mass is 16.5. The second-order valence-corrected chi connectivity index (χ2v) is 6.68. The minimum Gasteiger partial charge on any atom is -0.508 e. The van der Waals surface area contributed by atoms with Crippen LogP contribution in [-0.4, -0.2) is 22.8 Å². The van der Waals surface area contributed by atoms with Crippen LogP contribution < -0.4 is 4.74 Å². The molecule has 3 aromatic rings. The van der Waals surface area contributed by atoms with Gasteiger partial charge in [0.1, 0.15) is 11.5 Å². The predicted octanol–water partition coefficient (Wildman–Crippen LogP) is 4.72. The van der Waals surface area contributed by atoms with Crippen molar-refractivity contribution in [2.45, 2.75) is 26.2 Å². The SMILES string of the molecule is CC(C)c1cc(Cc2ccc(OCC(=O)O)c3ccccc23)ccc1O. The van der Waals surface area contributed by atoms with Crippen LogP contribution in [0.3, 0.4) is 0 Å². The quantitative estimate of drug-likeness (QED) is 0.675. The van der Waals surface area contributed by atoms with Crippen LogP contribution in [0, 0.1) is 0 Å². The lowest BCUT2D eigenvalue weighted by molar-refractivity contribution is -0.139. The molecule has 2 N–H and O–H groups in total. The second-order valence-electron chi connectivity index (χ2n) is 6.68. The van der Waals surface area contributed by atoms with E-state index in [0.717, 1.165) is 33.9 Å². The summed E-state index contributed by atoms with van der Waals surface area (Å²) in [6, 6.07) is 17.4. The number of aliphatic carboxylic acids is 1. The lowest BCUT2D eigenvalue weighted by Gasteiger charge is -2.14. The Labute approximate surface area is 152 Å². The van der Waals surface area contributed by atoms with Crippen LogP contribution in [0.2, 0.25) is 0 Å². The van der Waals surface area contributed by atoms with E-state index in [1.165, 1.54) is 0 Å². The van der Waals surface area contributed by atoms with E-state index < -0.39 is 5.97 Å². The van der Waals surface area contributed by atoms with Gasteiger partial charge in [0.05, 0.1) is 0 Å². The normalized spacial score (nSPS) is 11.0. The molecule has 0 bridgehead atoms. The van der Waals surface area contributed by atoms with Gasteiger partial charge in [0.25, 0.3) is 0 Å². The number of hydrogen-bond acceptors (Lipinski definition) is 3. The highest BCUT2D eigenvalue weighted by Crippen LogP contribution is 2.32. The Balaban J connectivity index is 1.98. The molecule has 4 heteroatoms. The van der Waals surface area contributed by atoms with Gasteiger partial charge in [0.15, 0.2) is 6.61 Å². The van der Waals surface area contributed by atoms with Crippen molar-refractivity contribution in [1.29, 1.82) is 0 Å². The Morgan fingerprint density at radius 3 is 2.46 bits per heavy atom. The molecule has 26 heavy (non-hydrogen) atoms. The summed E-state index contributed by atoms with van der Waals surface area (Å²) >= 11 is 0. The zero-order valence-electron chi connectivity index (χ0n) is 14.9. The first-order valence-corrected chi connectivity index (χ1v) is 8.62. The van der Waals surface area contributed by atoms with E-state index in [2.05, 4.69) is 13.8 Å². The first kappa shape index (κ1) is 17.8. The molecule has 0 aliphatic carbocycles. The first-order chi connectivity index (χ1) is 12.5. The van der Waals surface area contributed by atoms with Crippen molar-refractivity contribution < 1.29 is 19.7 Å². The van der Waals surface area contributed by atoms with Crippen LogP contribution in [0.5, 0.6) is 11.5 Å². The Morgan fingerprint density at radius 2 is 1.77 bits per heavy atom. The Morgan fingerprint density at radius 1 is 1.04 bits per heavy atom. The van der Waals surface area contributed by atoms with Gasteiger partial charge in [-0.2, -0.15) is 0 Å². The molecule has 0 aliphatic heterocycles. The molecular formula is C22H22O4. The van der Waals surface area contributed by atoms with Crippen LogP contribution in [-0.2, 0) is 11.2 Å². The third kappa shape index (κ3) is 3.80. The zero-order chi connectivity index (χ0) is 18.7. The predicted molar refractivity (Wildman–Crippen MR) is 102 cm³/mol. The number of carbonyl (C=O) groups is 1. The number of aromatic hydroxyl groups is 1. The molecule has 3 aromatic carbocycles. The van der Waals surface area contributed by atoms with Crippen LogP contribution in [0.1, 0.15) is 36.5 Å². The van der Waals surface area contributed by atoms with Gasteiger partial charge < -0.3 is 14.9 Å². The van der Waals surface area contributed by atoms with Crippen molar-refractivity contribution in [3.63, 3.8) is 0 Å². The van der Waals surface area contributed by atoms with E-state index in [0.29, 0.717) is 11.5 Å². The number of carboxylic acids is 1. The average Bonchev–Trinajstić information content (AvgIpc) is 2.62. The largest absolute Gasteiger partial charge is 0.508 e. The second kappa shape index (κ2) is 7.48. The molecule has 4 nitrogen and oxygen atoms in total. The number of carboxylic acid groups (broad SMARTS) is 1. The number of phenols is 1. The minimum absolute atomic E-state index is 0.249. The van der Waals surface area contributed by atoms with Gasteiger partial charge in [-0.05, 0) is 46.5 Å². The number of fused-ring (bicyclic) bond motifs is 1. The van der Waals surface area contributed by atoms with Crippen molar-refractivity contribution >= 4 is 16.7 Å². The summed E-state index contributed by atoms with van der Waals surface area (Å²) in [6.45, 7) is 3.75. The molecule has 0 aliphatic rings. The van der Waals surface area contributed by atoms with Gasteiger partial charge in [-0.1, -0.05) is 56.3 Å². The molecule has 0 atom stereocenters. The molecule has 0 spiro atoms. The molecule has 3 rings (SSSR count). The highest BCUT2D eigenvalue weighted by Gasteiger charge is 2.11. The maximum Gasteiger partial charge on any atom is 0.341 e. The molecule has 0 heterocycles. The Kier molecular flexibility index (Phi) is 5.12. The van der Waals surface area contributed by atoms with E-state index in [4.69, 9.17) is 9.84 Å². The molecule has 0 fully saturated rings. The molecule has 0 saturated heterocycles. The lowest BCUT2D eigenvalue weighted by atomic mass is 9.94. The van der Waals surface area contributed by atoms with Crippen LogP contribution >= 0.6 is 0 Å². The lowest BCUT2D eigenvalue weighted by Crippen LogP contribution is -2.09. The molecule has 0 unspecified atom stereocenters. The van der Waals surface area contributed by atoms with Gasteiger partial charge in [-0.3, -0.25) is 0 Å². The van der Waals surface area contributed by atoms with E-state index in [9.17, 15) is 9.90 Å². The summed E-state index contributed by atoms with van der Waals surface area (Å²) in [4.78, 5) is 10.8. The van der Waals surface area contributed by atoms with E-state index in [1.54, 1.807) is 6.07 Å². The number of hydrogen-bond donors (Lipinski definition) is 2. The summed E-state index contributed by atoms with van der Waals surface area (Å²) in [5, 5.41) is 20.8. The maximum atomic E-state index is 10.8. The van der Waals surface area contributed by atoms with Crippen molar-refractivity contribution in [1.82, 2.24) is 0 Å². The van der Waals surface area contributed by atoms with Crippen molar-refractivity contribution in [3.8, 4) is 11.5 Å². The van der Waals surface area contributed by atoms with Crippen molar-refractivity contribution in [2.75, 3.05) is 6.61 Å². The number of benzene rings is 3. The Bertz CT molecular complexity index is 944. The smallest absolute Gasteiger partial charge is 0.341 e. The fourth-order valence-corrected chi connectivity index (χ4v) is 3.15. The monoisotopic (exact) mass is 350 g/mol. The summed E-state index contributed by atoms with van der Waals surface area (Å²) < 4.78 is 5.42. The molecule has 0 aromatic heterocycles. The van der Waals surface area contributed by atoms with Gasteiger partial charge >= 0.3 is 5.97 Å². The number of phenolic OH excluding ortho intramolecular Hbond substituents is 1. The summed E-state index contributed by atoms with van der Waals surface area (Å²) in [7, 11) is 0. The van der Waals surface area contributed by atoms with Gasteiger partial charge in [-0.15, -0.1) is 0 Å². The molecule has 0 radical (unpaired) electrons. The first-order valence-electron chi connectivity index (χ1n) is 8.62. The van der Waals surface area contributed by atoms with Gasteiger partial charge in [-0.25, -0.2) is 4.79 Å². The van der Waals surface area contributed by atoms with Gasteiger partial charge in [0.2, 0.25) is 0 Å². The number of rotatable bonds is 6. The molecule has 134 valence electrons. The third-order valence-corrected chi connectivity index (χ3v) is 4.43. The summed E-state index contributed by atoms with van der Waals surface area (Å²) in [5.74, 6) is 0.147. The van der Waals surface area contributed by atoms with E-state index in [-0.39, 0.29) is 12.5 Å². The molecule has 0 amide bonds. The van der Waals surface area contributed by atoms with Crippen molar-refractivity contribution in [3.05, 3.63) is 71.3 Å². The zero-order valence-corrected chi connectivity index (χ0v) is 14.9.